The number of aromatic nitrogens is 4. The lowest BCUT2D eigenvalue weighted by Crippen LogP contribution is -2.26. The van der Waals surface area contributed by atoms with Gasteiger partial charge in [-0.05, 0) is 6.42 Å². The monoisotopic (exact) mass is 320 g/mol. The normalized spacial score (nSPS) is 18.0. The summed E-state index contributed by atoms with van der Waals surface area (Å²) in [6, 6.07) is 2.04. The average molecular weight is 320 g/mol. The van der Waals surface area contributed by atoms with Crippen LogP contribution in [0.15, 0.2) is 12.3 Å². The first-order valence-corrected chi connectivity index (χ1v) is 8.15. The van der Waals surface area contributed by atoms with Crippen LogP contribution in [0, 0.1) is 0 Å². The Morgan fingerprint density at radius 3 is 3.00 bits per heavy atom. The van der Waals surface area contributed by atoms with Crippen LogP contribution in [0.5, 0.6) is 5.88 Å². The van der Waals surface area contributed by atoms with Gasteiger partial charge in [-0.3, -0.25) is 0 Å². The number of nitrogens with one attached hydrogen (secondary N) is 1. The van der Waals surface area contributed by atoms with Crippen LogP contribution in [-0.2, 0) is 0 Å². The summed E-state index contributed by atoms with van der Waals surface area (Å²) in [5.41, 5.74) is 0. The second-order valence-corrected chi connectivity index (χ2v) is 6.32. The van der Waals surface area contributed by atoms with Gasteiger partial charge in [0.2, 0.25) is 17.0 Å². The molecule has 1 saturated heterocycles. The van der Waals surface area contributed by atoms with Crippen LogP contribution < -0.4 is 15.0 Å². The minimum absolute atomic E-state index is 0.304. The molecule has 118 valence electrons. The van der Waals surface area contributed by atoms with Crippen molar-refractivity contribution >= 4 is 22.6 Å². The van der Waals surface area contributed by atoms with Crippen LogP contribution in [0.3, 0.4) is 0 Å². The van der Waals surface area contributed by atoms with E-state index in [2.05, 4.69) is 43.4 Å². The molecule has 1 N–H and O–H groups in total. The van der Waals surface area contributed by atoms with E-state index < -0.39 is 0 Å². The molecule has 0 aliphatic carbocycles. The fourth-order valence-corrected chi connectivity index (χ4v) is 3.19. The third-order valence-corrected chi connectivity index (χ3v) is 4.37. The van der Waals surface area contributed by atoms with Crippen molar-refractivity contribution in [2.75, 3.05) is 30.4 Å². The predicted octanol–water partition coefficient (Wildman–Crippen LogP) is 2.15. The second kappa shape index (κ2) is 6.43. The molecular formula is C14H20N6OS. The van der Waals surface area contributed by atoms with E-state index in [1.165, 1.54) is 11.5 Å². The van der Waals surface area contributed by atoms with Crippen molar-refractivity contribution in [1.29, 1.82) is 0 Å². The third-order valence-electron chi connectivity index (χ3n) is 3.58. The SMILES string of the molecule is COc1ccnc(NC2CCN(c3nc(C(C)C)ns3)C2)n1. The van der Waals surface area contributed by atoms with Crippen molar-refractivity contribution in [1.82, 2.24) is 19.3 Å². The number of anilines is 2. The van der Waals surface area contributed by atoms with Gasteiger partial charge in [0.15, 0.2) is 0 Å². The van der Waals surface area contributed by atoms with Gasteiger partial charge in [-0.2, -0.15) is 9.36 Å². The summed E-state index contributed by atoms with van der Waals surface area (Å²) >= 11 is 1.48. The van der Waals surface area contributed by atoms with Crippen LogP contribution >= 0.6 is 11.5 Å². The minimum atomic E-state index is 0.304. The first-order chi connectivity index (χ1) is 10.7. The molecule has 0 spiro atoms. The highest BCUT2D eigenvalue weighted by molar-refractivity contribution is 7.09. The van der Waals surface area contributed by atoms with Gasteiger partial charge in [0.25, 0.3) is 0 Å². The largest absolute Gasteiger partial charge is 0.481 e. The first kappa shape index (κ1) is 15.0. The molecule has 3 heterocycles. The highest BCUT2D eigenvalue weighted by Crippen LogP contribution is 2.25. The van der Waals surface area contributed by atoms with Gasteiger partial charge in [0.05, 0.1) is 7.11 Å². The molecule has 0 amide bonds. The van der Waals surface area contributed by atoms with Crippen molar-refractivity contribution in [2.24, 2.45) is 0 Å². The molecule has 1 atom stereocenters. The fraction of sp³-hybridized carbons (Fsp3) is 0.571. The number of methoxy groups -OCH3 is 1. The van der Waals surface area contributed by atoms with Gasteiger partial charge in [-0.15, -0.1) is 0 Å². The van der Waals surface area contributed by atoms with Crippen molar-refractivity contribution in [3.8, 4) is 5.88 Å². The molecule has 2 aromatic rings. The molecule has 0 bridgehead atoms. The van der Waals surface area contributed by atoms with Crippen LogP contribution in [0.25, 0.3) is 0 Å². The van der Waals surface area contributed by atoms with Gasteiger partial charge in [0, 0.05) is 48.8 Å². The highest BCUT2D eigenvalue weighted by Gasteiger charge is 2.26. The summed E-state index contributed by atoms with van der Waals surface area (Å²) in [4.78, 5) is 15.4. The summed E-state index contributed by atoms with van der Waals surface area (Å²) in [5.74, 6) is 2.46. The van der Waals surface area contributed by atoms with Crippen LogP contribution in [0.2, 0.25) is 0 Å². The van der Waals surface area contributed by atoms with E-state index in [-0.39, 0.29) is 0 Å². The number of hydrogen-bond donors (Lipinski definition) is 1. The number of nitrogens with zero attached hydrogens (tertiary/aromatic N) is 5. The summed E-state index contributed by atoms with van der Waals surface area (Å²) in [7, 11) is 1.60. The van der Waals surface area contributed by atoms with Gasteiger partial charge >= 0.3 is 0 Å². The van der Waals surface area contributed by atoms with E-state index in [4.69, 9.17) is 4.74 Å². The number of rotatable bonds is 5. The Kier molecular flexibility index (Phi) is 4.37. The van der Waals surface area contributed by atoms with Crippen molar-refractivity contribution in [2.45, 2.75) is 32.2 Å². The lowest BCUT2D eigenvalue weighted by Gasteiger charge is -2.15. The maximum Gasteiger partial charge on any atom is 0.226 e. The van der Waals surface area contributed by atoms with Crippen molar-refractivity contribution in [3.63, 3.8) is 0 Å². The van der Waals surface area contributed by atoms with E-state index >= 15 is 0 Å². The molecule has 1 aliphatic rings. The molecule has 0 saturated carbocycles. The molecule has 1 fully saturated rings. The molecule has 8 heteroatoms. The molecule has 7 nitrogen and oxygen atoms in total. The summed E-state index contributed by atoms with van der Waals surface area (Å²) < 4.78 is 9.54. The Morgan fingerprint density at radius 2 is 2.27 bits per heavy atom. The Bertz CT molecular complexity index is 631. The fourth-order valence-electron chi connectivity index (χ4n) is 2.35. The van der Waals surface area contributed by atoms with E-state index in [1.54, 1.807) is 19.4 Å². The zero-order chi connectivity index (χ0) is 15.5. The molecule has 3 rings (SSSR count). The third kappa shape index (κ3) is 3.27. The second-order valence-electron chi connectivity index (χ2n) is 5.59. The Balaban J connectivity index is 1.61. The molecule has 0 aromatic carbocycles. The van der Waals surface area contributed by atoms with Gasteiger partial charge in [-0.25, -0.2) is 9.97 Å². The quantitative estimate of drug-likeness (QED) is 0.904. The van der Waals surface area contributed by atoms with Gasteiger partial charge < -0.3 is 15.0 Å². The lowest BCUT2D eigenvalue weighted by atomic mass is 10.2. The van der Waals surface area contributed by atoms with E-state index in [1.807, 2.05) is 0 Å². The lowest BCUT2D eigenvalue weighted by molar-refractivity contribution is 0.397. The smallest absolute Gasteiger partial charge is 0.226 e. The first-order valence-electron chi connectivity index (χ1n) is 7.38. The average Bonchev–Trinajstić information content (AvgIpc) is 3.16. The zero-order valence-electron chi connectivity index (χ0n) is 13.0. The van der Waals surface area contributed by atoms with Crippen LogP contribution in [-0.4, -0.2) is 45.6 Å². The van der Waals surface area contributed by atoms with Crippen LogP contribution in [0.1, 0.15) is 32.0 Å². The summed E-state index contributed by atoms with van der Waals surface area (Å²) in [6.07, 6.45) is 2.72. The van der Waals surface area contributed by atoms with Crippen molar-refractivity contribution < 1.29 is 4.74 Å². The maximum absolute atomic E-state index is 5.12. The molecule has 1 unspecified atom stereocenters. The summed E-state index contributed by atoms with van der Waals surface area (Å²) in [6.45, 7) is 6.07. The van der Waals surface area contributed by atoms with E-state index in [0.717, 1.165) is 30.5 Å². The number of hydrogen-bond acceptors (Lipinski definition) is 8. The standard InChI is InChI=1S/C14H20N6OS/c1-9(2)12-18-14(22-19-12)20-7-5-10(8-20)16-13-15-6-4-11(17-13)21-3/h4,6,9-10H,5,7-8H2,1-3H3,(H,15,16,17). The molecule has 22 heavy (non-hydrogen) atoms. The van der Waals surface area contributed by atoms with E-state index in [9.17, 15) is 0 Å². The minimum Gasteiger partial charge on any atom is -0.481 e. The Morgan fingerprint density at radius 1 is 1.41 bits per heavy atom. The van der Waals surface area contributed by atoms with Gasteiger partial charge in [0.1, 0.15) is 5.82 Å². The zero-order valence-corrected chi connectivity index (χ0v) is 13.8. The topological polar surface area (TPSA) is 76.1 Å². The van der Waals surface area contributed by atoms with E-state index in [0.29, 0.717) is 23.8 Å². The predicted molar refractivity (Wildman–Crippen MR) is 86.8 cm³/mol. The Hall–Kier alpha value is -1.96. The molecule has 0 radical (unpaired) electrons. The molecular weight excluding hydrogens is 300 g/mol. The Labute approximate surface area is 133 Å². The summed E-state index contributed by atoms with van der Waals surface area (Å²) in [5, 5.41) is 4.36. The molecule has 1 aliphatic heterocycles. The molecule has 2 aromatic heterocycles. The number of ether oxygens (including phenoxy) is 1. The van der Waals surface area contributed by atoms with Crippen molar-refractivity contribution in [3.05, 3.63) is 18.1 Å². The maximum atomic E-state index is 5.12. The van der Waals surface area contributed by atoms with Crippen LogP contribution in [0.4, 0.5) is 11.1 Å². The van der Waals surface area contributed by atoms with Gasteiger partial charge in [-0.1, -0.05) is 13.8 Å². The highest BCUT2D eigenvalue weighted by atomic mass is 32.1.